The largest absolute Gasteiger partial charge is 0.374 e. The van der Waals surface area contributed by atoms with Crippen molar-refractivity contribution in [2.75, 3.05) is 24.2 Å². The molecule has 1 saturated carbocycles. The Balaban J connectivity index is 1.54. The summed E-state index contributed by atoms with van der Waals surface area (Å²) in [5, 5.41) is 2.74. The molecular formula is C18H24N2O3S. The third-order valence-electron chi connectivity index (χ3n) is 4.59. The number of ether oxygens (including phenoxy) is 1. The van der Waals surface area contributed by atoms with Gasteiger partial charge < -0.3 is 15.0 Å². The summed E-state index contributed by atoms with van der Waals surface area (Å²) in [6, 6.07) is 7.86. The van der Waals surface area contributed by atoms with E-state index in [4.69, 9.17) is 4.74 Å². The topological polar surface area (TPSA) is 58.6 Å². The molecule has 0 bridgehead atoms. The van der Waals surface area contributed by atoms with Crippen molar-refractivity contribution in [1.29, 1.82) is 0 Å². The maximum absolute atomic E-state index is 12.6. The number of rotatable bonds is 4. The van der Waals surface area contributed by atoms with E-state index in [2.05, 4.69) is 5.32 Å². The van der Waals surface area contributed by atoms with E-state index in [0.29, 0.717) is 18.9 Å². The van der Waals surface area contributed by atoms with Crippen molar-refractivity contribution in [1.82, 2.24) is 4.90 Å². The Kier molecular flexibility index (Phi) is 5.79. The average Bonchev–Trinajstić information content (AvgIpc) is 2.60. The van der Waals surface area contributed by atoms with Crippen molar-refractivity contribution < 1.29 is 14.3 Å². The number of hydrogen-bond donors (Lipinski definition) is 1. The molecule has 2 fully saturated rings. The van der Waals surface area contributed by atoms with Gasteiger partial charge >= 0.3 is 0 Å². The fourth-order valence-electron chi connectivity index (χ4n) is 3.47. The van der Waals surface area contributed by atoms with Crippen LogP contribution in [0.4, 0.5) is 5.69 Å². The summed E-state index contributed by atoms with van der Waals surface area (Å²) in [4.78, 5) is 26.7. The Bertz CT molecular complexity index is 588. The smallest absolute Gasteiger partial charge is 0.233 e. The molecule has 24 heavy (non-hydrogen) atoms. The van der Waals surface area contributed by atoms with E-state index in [0.717, 1.165) is 23.4 Å². The number of anilines is 1. The number of carbonyl (C=O) groups excluding carboxylic acids is 2. The zero-order valence-corrected chi connectivity index (χ0v) is 14.8. The van der Waals surface area contributed by atoms with E-state index in [-0.39, 0.29) is 24.0 Å². The normalized spacial score (nSPS) is 23.5. The summed E-state index contributed by atoms with van der Waals surface area (Å²) in [5.41, 5.74) is 0.774. The number of hydrogen-bond acceptors (Lipinski definition) is 4. The number of nitrogens with one attached hydrogen (secondary N) is 1. The maximum Gasteiger partial charge on any atom is 0.233 e. The van der Waals surface area contributed by atoms with Gasteiger partial charge in [-0.15, -0.1) is 11.8 Å². The Morgan fingerprint density at radius 2 is 2.00 bits per heavy atom. The highest BCUT2D eigenvalue weighted by Crippen LogP contribution is 2.29. The van der Waals surface area contributed by atoms with Crippen LogP contribution in [0.25, 0.3) is 0 Å². The monoisotopic (exact) mass is 348 g/mol. The first-order chi connectivity index (χ1) is 11.6. The van der Waals surface area contributed by atoms with Crippen molar-refractivity contribution >= 4 is 29.3 Å². The predicted molar refractivity (Wildman–Crippen MR) is 95.2 cm³/mol. The average molecular weight is 348 g/mol. The van der Waals surface area contributed by atoms with Crippen LogP contribution in [0.15, 0.2) is 29.2 Å². The quantitative estimate of drug-likeness (QED) is 0.850. The third kappa shape index (κ3) is 4.30. The van der Waals surface area contributed by atoms with Gasteiger partial charge in [-0.05, 0) is 37.1 Å². The highest BCUT2D eigenvalue weighted by atomic mass is 32.2. The molecule has 1 aliphatic carbocycles. The molecule has 6 heteroatoms. The first kappa shape index (κ1) is 17.3. The van der Waals surface area contributed by atoms with Crippen molar-refractivity contribution in [2.45, 2.75) is 49.6 Å². The van der Waals surface area contributed by atoms with Gasteiger partial charge in [0.05, 0.1) is 24.5 Å². The standard InChI is InChI=1S/C18H24N2O3S/c1-13(21)19-14-6-8-15(9-7-14)24-12-18(22)20-10-11-23-17-5-3-2-4-16(17)20/h6-9,16-17H,2-5,10-12H2,1H3,(H,19,21). The third-order valence-corrected chi connectivity index (χ3v) is 5.59. The molecule has 0 spiro atoms. The van der Waals surface area contributed by atoms with Crippen LogP contribution in [0.3, 0.4) is 0 Å². The van der Waals surface area contributed by atoms with Gasteiger partial charge in [0, 0.05) is 24.1 Å². The van der Waals surface area contributed by atoms with E-state index in [1.807, 2.05) is 29.2 Å². The van der Waals surface area contributed by atoms with Crippen LogP contribution in [0.2, 0.25) is 0 Å². The molecule has 1 N–H and O–H groups in total. The zero-order chi connectivity index (χ0) is 16.9. The van der Waals surface area contributed by atoms with Crippen molar-refractivity contribution in [3.8, 4) is 0 Å². The Morgan fingerprint density at radius 1 is 1.25 bits per heavy atom. The Labute approximate surface area is 147 Å². The van der Waals surface area contributed by atoms with Crippen LogP contribution < -0.4 is 5.32 Å². The van der Waals surface area contributed by atoms with Crippen molar-refractivity contribution in [2.24, 2.45) is 0 Å². The van der Waals surface area contributed by atoms with Crippen LogP contribution in [-0.2, 0) is 14.3 Å². The minimum absolute atomic E-state index is 0.0834. The van der Waals surface area contributed by atoms with Gasteiger partial charge in [-0.1, -0.05) is 12.8 Å². The second kappa shape index (κ2) is 8.03. The molecule has 0 aromatic heterocycles. The van der Waals surface area contributed by atoms with Crippen molar-refractivity contribution in [3.05, 3.63) is 24.3 Å². The minimum Gasteiger partial charge on any atom is -0.374 e. The molecular weight excluding hydrogens is 324 g/mol. The molecule has 2 unspecified atom stereocenters. The van der Waals surface area contributed by atoms with Gasteiger partial charge in [-0.2, -0.15) is 0 Å². The van der Waals surface area contributed by atoms with Crippen LogP contribution in [0.5, 0.6) is 0 Å². The SMILES string of the molecule is CC(=O)Nc1ccc(SCC(=O)N2CCOC3CCCCC32)cc1. The number of carbonyl (C=O) groups is 2. The maximum atomic E-state index is 12.6. The first-order valence-electron chi connectivity index (χ1n) is 8.55. The lowest BCUT2D eigenvalue weighted by Gasteiger charge is -2.43. The van der Waals surface area contributed by atoms with E-state index < -0.39 is 0 Å². The molecule has 1 heterocycles. The molecule has 2 amide bonds. The highest BCUT2D eigenvalue weighted by molar-refractivity contribution is 8.00. The van der Waals surface area contributed by atoms with E-state index in [9.17, 15) is 9.59 Å². The molecule has 2 atom stereocenters. The van der Waals surface area contributed by atoms with Crippen LogP contribution in [0.1, 0.15) is 32.6 Å². The van der Waals surface area contributed by atoms with Gasteiger partial charge in [-0.3, -0.25) is 9.59 Å². The number of morpholine rings is 1. The summed E-state index contributed by atoms with van der Waals surface area (Å²) in [7, 11) is 0. The van der Waals surface area contributed by atoms with E-state index in [1.165, 1.54) is 19.8 Å². The van der Waals surface area contributed by atoms with Gasteiger partial charge in [0.25, 0.3) is 0 Å². The predicted octanol–water partition coefficient (Wildman–Crippen LogP) is 2.91. The van der Waals surface area contributed by atoms with Crippen LogP contribution in [0, 0.1) is 0 Å². The van der Waals surface area contributed by atoms with Crippen LogP contribution >= 0.6 is 11.8 Å². The lowest BCUT2D eigenvalue weighted by atomic mass is 9.90. The lowest BCUT2D eigenvalue weighted by molar-refractivity contribution is -0.146. The summed E-state index contributed by atoms with van der Waals surface area (Å²) < 4.78 is 5.83. The van der Waals surface area contributed by atoms with Crippen molar-refractivity contribution in [3.63, 3.8) is 0 Å². The molecule has 2 aliphatic rings. The molecule has 0 radical (unpaired) electrons. The Morgan fingerprint density at radius 3 is 2.75 bits per heavy atom. The fourth-order valence-corrected chi connectivity index (χ4v) is 4.26. The molecule has 5 nitrogen and oxygen atoms in total. The van der Waals surface area contributed by atoms with Crippen LogP contribution in [-0.4, -0.2) is 47.8 Å². The molecule has 1 aromatic rings. The van der Waals surface area contributed by atoms with E-state index in [1.54, 1.807) is 11.8 Å². The summed E-state index contributed by atoms with van der Waals surface area (Å²) in [6.45, 7) is 2.85. The lowest BCUT2D eigenvalue weighted by Crippen LogP contribution is -2.55. The number of benzene rings is 1. The van der Waals surface area contributed by atoms with E-state index >= 15 is 0 Å². The van der Waals surface area contributed by atoms with Gasteiger partial charge in [-0.25, -0.2) is 0 Å². The second-order valence-electron chi connectivity index (χ2n) is 6.34. The molecule has 1 aromatic carbocycles. The second-order valence-corrected chi connectivity index (χ2v) is 7.39. The number of amides is 2. The summed E-state index contributed by atoms with van der Waals surface area (Å²) in [6.07, 6.45) is 4.77. The number of fused-ring (bicyclic) bond motifs is 1. The molecule has 1 saturated heterocycles. The van der Waals surface area contributed by atoms with Gasteiger partial charge in [0.15, 0.2) is 0 Å². The number of nitrogens with zero attached hydrogens (tertiary/aromatic N) is 1. The Hall–Kier alpha value is -1.53. The first-order valence-corrected chi connectivity index (χ1v) is 9.53. The highest BCUT2D eigenvalue weighted by Gasteiger charge is 2.36. The fraction of sp³-hybridized carbons (Fsp3) is 0.556. The molecule has 3 rings (SSSR count). The molecule has 130 valence electrons. The van der Waals surface area contributed by atoms with Gasteiger partial charge in [0.2, 0.25) is 11.8 Å². The molecule has 1 aliphatic heterocycles. The minimum atomic E-state index is -0.0834. The number of thioether (sulfide) groups is 1. The zero-order valence-electron chi connectivity index (χ0n) is 14.0. The summed E-state index contributed by atoms with van der Waals surface area (Å²) >= 11 is 1.54. The summed E-state index contributed by atoms with van der Waals surface area (Å²) in [5.74, 6) is 0.564. The van der Waals surface area contributed by atoms with Gasteiger partial charge in [0.1, 0.15) is 0 Å².